The van der Waals surface area contributed by atoms with Crippen molar-refractivity contribution in [1.29, 1.82) is 0 Å². The molecule has 0 saturated carbocycles. The zero-order valence-corrected chi connectivity index (χ0v) is 10.7. The molecule has 1 aromatic heterocycles. The molecule has 1 aliphatic heterocycles. The van der Waals surface area contributed by atoms with Gasteiger partial charge in [0, 0.05) is 19.4 Å². The summed E-state index contributed by atoms with van der Waals surface area (Å²) in [5.41, 5.74) is 0. The number of rotatable bonds is 3. The Hall–Kier alpha value is -1.96. The van der Waals surface area contributed by atoms with Crippen LogP contribution in [-0.4, -0.2) is 51.8 Å². The highest BCUT2D eigenvalue weighted by Gasteiger charge is 2.37. The number of nitrogens with zero attached hydrogens (tertiary/aromatic N) is 3. The number of carbonyl (C=O) groups excluding carboxylic acids is 1. The number of likely N-dealkylation sites (tertiary alicyclic amines) is 1. The van der Waals surface area contributed by atoms with E-state index < -0.39 is 18.0 Å². The summed E-state index contributed by atoms with van der Waals surface area (Å²) in [7, 11) is 1.83. The normalized spacial score (nSPS) is 23.5. The van der Waals surface area contributed by atoms with Crippen LogP contribution in [0.4, 0.5) is 0 Å². The lowest BCUT2D eigenvalue weighted by molar-refractivity contribution is -0.167. The molecule has 19 heavy (non-hydrogen) atoms. The molecular weight excluding hydrogens is 254 g/mol. The highest BCUT2D eigenvalue weighted by molar-refractivity contribution is 6.28. The van der Waals surface area contributed by atoms with Crippen LogP contribution >= 0.6 is 0 Å². The van der Waals surface area contributed by atoms with Gasteiger partial charge in [-0.2, -0.15) is 4.98 Å². The summed E-state index contributed by atoms with van der Waals surface area (Å²) >= 11 is 0. The monoisotopic (exact) mass is 269 g/mol. The zero-order valence-electron chi connectivity index (χ0n) is 10.7. The second kappa shape index (κ2) is 5.35. The van der Waals surface area contributed by atoms with E-state index in [1.165, 1.54) is 0 Å². The van der Waals surface area contributed by atoms with E-state index in [-0.39, 0.29) is 6.04 Å². The van der Waals surface area contributed by atoms with Crippen LogP contribution < -0.4 is 0 Å². The van der Waals surface area contributed by atoms with Crippen molar-refractivity contribution in [2.45, 2.75) is 31.9 Å². The minimum Gasteiger partial charge on any atom is -0.473 e. The maximum Gasteiger partial charge on any atom is 0.417 e. The molecule has 0 aromatic carbocycles. The van der Waals surface area contributed by atoms with E-state index in [0.717, 1.165) is 0 Å². The van der Waals surface area contributed by atoms with Crippen molar-refractivity contribution in [2.75, 3.05) is 13.6 Å². The Labute approximate surface area is 109 Å². The summed E-state index contributed by atoms with van der Waals surface area (Å²) in [6.07, 6.45) is 0.647. The third-order valence-electron chi connectivity index (χ3n) is 3.04. The second-order valence-electron chi connectivity index (χ2n) is 4.43. The molecule has 2 rings (SSSR count). The largest absolute Gasteiger partial charge is 0.473 e. The van der Waals surface area contributed by atoms with Gasteiger partial charge in [0.1, 0.15) is 6.10 Å². The maximum absolute atomic E-state index is 11.0. The van der Waals surface area contributed by atoms with Crippen molar-refractivity contribution in [3.63, 3.8) is 0 Å². The quantitative estimate of drug-likeness (QED) is 0.604. The minimum atomic E-state index is -1.59. The first kappa shape index (κ1) is 13.5. The highest BCUT2D eigenvalue weighted by atomic mass is 16.6. The van der Waals surface area contributed by atoms with Gasteiger partial charge < -0.3 is 14.4 Å². The fraction of sp³-hybridized carbons (Fsp3) is 0.636. The molecule has 0 aliphatic carbocycles. The van der Waals surface area contributed by atoms with E-state index in [4.69, 9.17) is 14.4 Å². The van der Waals surface area contributed by atoms with Crippen LogP contribution in [-0.2, 0) is 20.7 Å². The van der Waals surface area contributed by atoms with Gasteiger partial charge in [-0.05, 0) is 7.05 Å². The number of carbonyl (C=O) groups is 2. The fourth-order valence-electron chi connectivity index (χ4n) is 2.07. The minimum absolute atomic E-state index is 0.153. The smallest absolute Gasteiger partial charge is 0.417 e. The van der Waals surface area contributed by atoms with Crippen LogP contribution in [0.15, 0.2) is 4.52 Å². The predicted octanol–water partition coefficient (Wildman–Crippen LogP) is 0.00500. The molecule has 1 saturated heterocycles. The number of aliphatic carboxylic acids is 1. The summed E-state index contributed by atoms with van der Waals surface area (Å²) in [6.45, 7) is 2.36. The average Bonchev–Trinajstić information content (AvgIpc) is 2.95. The molecule has 0 radical (unpaired) electrons. The van der Waals surface area contributed by atoms with E-state index >= 15 is 0 Å². The Bertz CT molecular complexity index is 486. The average molecular weight is 269 g/mol. The number of aromatic nitrogens is 2. The number of hydrogen-bond acceptors (Lipinski definition) is 7. The molecule has 1 fully saturated rings. The molecule has 1 aromatic rings. The number of esters is 1. The van der Waals surface area contributed by atoms with Gasteiger partial charge in [0.05, 0.1) is 6.04 Å². The van der Waals surface area contributed by atoms with Crippen LogP contribution in [0.3, 0.4) is 0 Å². The van der Waals surface area contributed by atoms with Gasteiger partial charge in [-0.1, -0.05) is 12.1 Å². The summed E-state index contributed by atoms with van der Waals surface area (Å²) in [5.74, 6) is -1.74. The Morgan fingerprint density at radius 2 is 2.32 bits per heavy atom. The SMILES string of the molecule is CCc1noc(C2CC(OC(=O)C(=O)O)CN2C)n1. The molecule has 1 aliphatic rings. The topological polar surface area (TPSA) is 106 Å². The summed E-state index contributed by atoms with van der Waals surface area (Å²) < 4.78 is 10.0. The molecule has 2 unspecified atom stereocenters. The molecular formula is C11H15N3O5. The van der Waals surface area contributed by atoms with Crippen molar-refractivity contribution < 1.29 is 24.0 Å². The zero-order chi connectivity index (χ0) is 14.0. The van der Waals surface area contributed by atoms with Gasteiger partial charge in [-0.15, -0.1) is 0 Å². The van der Waals surface area contributed by atoms with Crippen molar-refractivity contribution in [3.8, 4) is 0 Å². The van der Waals surface area contributed by atoms with E-state index in [1.807, 2.05) is 18.9 Å². The lowest BCUT2D eigenvalue weighted by Gasteiger charge is -2.13. The van der Waals surface area contributed by atoms with Crippen LogP contribution in [0.5, 0.6) is 0 Å². The number of aryl methyl sites for hydroxylation is 1. The molecule has 8 heteroatoms. The predicted molar refractivity (Wildman–Crippen MR) is 61.2 cm³/mol. The number of carboxylic acid groups (broad SMARTS) is 1. The van der Waals surface area contributed by atoms with Crippen LogP contribution in [0, 0.1) is 0 Å². The fourth-order valence-corrected chi connectivity index (χ4v) is 2.07. The molecule has 0 bridgehead atoms. The van der Waals surface area contributed by atoms with Gasteiger partial charge in [0.15, 0.2) is 5.82 Å². The molecule has 2 atom stereocenters. The molecule has 0 spiro atoms. The summed E-state index contributed by atoms with van der Waals surface area (Å²) in [5, 5.41) is 12.3. The molecule has 104 valence electrons. The first-order valence-corrected chi connectivity index (χ1v) is 5.97. The summed E-state index contributed by atoms with van der Waals surface area (Å²) in [4.78, 5) is 27.6. The highest BCUT2D eigenvalue weighted by Crippen LogP contribution is 2.31. The second-order valence-corrected chi connectivity index (χ2v) is 4.43. The van der Waals surface area contributed by atoms with E-state index in [2.05, 4.69) is 10.1 Å². The Morgan fingerprint density at radius 1 is 1.58 bits per heavy atom. The number of carboxylic acids is 1. The first-order valence-electron chi connectivity index (χ1n) is 5.97. The van der Waals surface area contributed by atoms with Crippen LogP contribution in [0.2, 0.25) is 0 Å². The third kappa shape index (κ3) is 2.90. The molecule has 0 amide bonds. The standard InChI is InChI=1S/C11H15N3O5/c1-3-8-12-9(19-13-8)7-4-6(5-14(7)2)18-11(17)10(15)16/h6-7H,3-5H2,1-2H3,(H,15,16). The van der Waals surface area contributed by atoms with Crippen molar-refractivity contribution in [1.82, 2.24) is 15.0 Å². The molecule has 8 nitrogen and oxygen atoms in total. The van der Waals surface area contributed by atoms with E-state index in [0.29, 0.717) is 31.1 Å². The number of ether oxygens (including phenoxy) is 1. The maximum atomic E-state index is 11.0. The Balaban J connectivity index is 2.01. The van der Waals surface area contributed by atoms with Gasteiger partial charge in [0.2, 0.25) is 5.89 Å². The lowest BCUT2D eigenvalue weighted by Crippen LogP contribution is -2.26. The van der Waals surface area contributed by atoms with Crippen molar-refractivity contribution >= 4 is 11.9 Å². The van der Waals surface area contributed by atoms with Crippen LogP contribution in [0.1, 0.15) is 31.1 Å². The summed E-state index contributed by atoms with van der Waals surface area (Å²) in [6, 6.07) is -0.153. The van der Waals surface area contributed by atoms with Crippen LogP contribution in [0.25, 0.3) is 0 Å². The Morgan fingerprint density at radius 3 is 2.89 bits per heavy atom. The van der Waals surface area contributed by atoms with E-state index in [1.54, 1.807) is 0 Å². The van der Waals surface area contributed by atoms with Crippen molar-refractivity contribution in [2.24, 2.45) is 0 Å². The van der Waals surface area contributed by atoms with Gasteiger partial charge in [0.25, 0.3) is 0 Å². The van der Waals surface area contributed by atoms with Crippen molar-refractivity contribution in [3.05, 3.63) is 11.7 Å². The lowest BCUT2D eigenvalue weighted by atomic mass is 10.2. The van der Waals surface area contributed by atoms with Gasteiger partial charge in [-0.3, -0.25) is 4.90 Å². The van der Waals surface area contributed by atoms with Gasteiger partial charge >= 0.3 is 11.9 Å². The molecule has 1 N–H and O–H groups in total. The number of hydrogen-bond donors (Lipinski definition) is 1. The number of likely N-dealkylation sites (N-methyl/N-ethyl adjacent to an activating group) is 1. The first-order chi connectivity index (χ1) is 9.01. The Kier molecular flexibility index (Phi) is 3.79. The van der Waals surface area contributed by atoms with E-state index in [9.17, 15) is 9.59 Å². The molecule has 2 heterocycles. The third-order valence-corrected chi connectivity index (χ3v) is 3.04. The van der Waals surface area contributed by atoms with Gasteiger partial charge in [-0.25, -0.2) is 9.59 Å².